The number of anilines is 1. The second-order valence-electron chi connectivity index (χ2n) is 8.75. The van der Waals surface area contributed by atoms with Gasteiger partial charge in [-0.05, 0) is 68.4 Å². The molecule has 2 aliphatic rings. The van der Waals surface area contributed by atoms with Crippen LogP contribution in [0.2, 0.25) is 0 Å². The van der Waals surface area contributed by atoms with Crippen molar-refractivity contribution in [3.63, 3.8) is 0 Å². The van der Waals surface area contributed by atoms with Crippen LogP contribution in [0.5, 0.6) is 0 Å². The maximum atomic E-state index is 14.5. The molecule has 8 heteroatoms. The highest BCUT2D eigenvalue weighted by Crippen LogP contribution is 2.37. The zero-order valence-electron chi connectivity index (χ0n) is 18.2. The number of halogens is 2. The van der Waals surface area contributed by atoms with E-state index in [1.54, 1.807) is 10.7 Å². The Bertz CT molecular complexity index is 1350. The smallest absolute Gasteiger partial charge is 0.183 e. The minimum Gasteiger partial charge on any atom is -0.349 e. The number of rotatable bonds is 4. The average Bonchev–Trinajstić information content (AvgIpc) is 3.60. The van der Waals surface area contributed by atoms with E-state index >= 15 is 0 Å². The number of fused-ring (bicyclic) bond motifs is 1. The summed E-state index contributed by atoms with van der Waals surface area (Å²) < 4.78 is 31.9. The molecule has 4 heterocycles. The van der Waals surface area contributed by atoms with Crippen LogP contribution in [0, 0.1) is 11.6 Å². The van der Waals surface area contributed by atoms with Gasteiger partial charge >= 0.3 is 0 Å². The molecular weight excluding hydrogens is 422 g/mol. The van der Waals surface area contributed by atoms with Gasteiger partial charge in [0.15, 0.2) is 5.65 Å². The van der Waals surface area contributed by atoms with Gasteiger partial charge in [-0.15, -0.1) is 0 Å². The summed E-state index contributed by atoms with van der Waals surface area (Å²) >= 11 is 0. The van der Waals surface area contributed by atoms with Crippen LogP contribution < -0.4 is 4.90 Å². The molecular formula is C25H24F2N6. The largest absolute Gasteiger partial charge is 0.349 e. The zero-order chi connectivity index (χ0) is 22.4. The molecule has 3 aromatic heterocycles. The quantitative estimate of drug-likeness (QED) is 0.416. The van der Waals surface area contributed by atoms with E-state index in [0.29, 0.717) is 11.2 Å². The van der Waals surface area contributed by atoms with Gasteiger partial charge in [-0.25, -0.2) is 23.0 Å². The summed E-state index contributed by atoms with van der Waals surface area (Å²) in [5, 5.41) is 9.01. The molecule has 1 fully saturated rings. The van der Waals surface area contributed by atoms with E-state index in [2.05, 4.69) is 21.2 Å². The lowest BCUT2D eigenvalue weighted by Gasteiger charge is -2.26. The SMILES string of the molecule is Fc1ccc(F)c(C2CCCN2c2ccn3ncc(-n4cc(C5=CCCCC5)cn4)c3n2)c1. The van der Waals surface area contributed by atoms with Gasteiger partial charge in [0.1, 0.15) is 23.1 Å². The number of aromatic nitrogens is 5. The maximum absolute atomic E-state index is 14.5. The molecule has 6 rings (SSSR count). The van der Waals surface area contributed by atoms with Crippen molar-refractivity contribution in [1.29, 1.82) is 0 Å². The van der Waals surface area contributed by atoms with E-state index in [9.17, 15) is 8.78 Å². The van der Waals surface area contributed by atoms with Crippen molar-refractivity contribution >= 4 is 17.0 Å². The number of hydrogen-bond acceptors (Lipinski definition) is 4. The first-order chi connectivity index (χ1) is 16.2. The first kappa shape index (κ1) is 20.1. The van der Waals surface area contributed by atoms with Gasteiger partial charge in [0.05, 0.1) is 18.4 Å². The van der Waals surface area contributed by atoms with Crippen molar-refractivity contribution in [3.8, 4) is 5.69 Å². The van der Waals surface area contributed by atoms with Crippen LogP contribution in [0.3, 0.4) is 0 Å². The summed E-state index contributed by atoms with van der Waals surface area (Å²) in [5.74, 6) is -0.0967. The summed E-state index contributed by atoms with van der Waals surface area (Å²) in [6, 6.07) is 5.27. The summed E-state index contributed by atoms with van der Waals surface area (Å²) in [7, 11) is 0. The van der Waals surface area contributed by atoms with Gasteiger partial charge in [-0.3, -0.25) is 0 Å². The van der Waals surface area contributed by atoms with E-state index in [4.69, 9.17) is 4.98 Å². The molecule has 1 atom stereocenters. The molecule has 6 nitrogen and oxygen atoms in total. The molecule has 0 saturated carbocycles. The van der Waals surface area contributed by atoms with E-state index < -0.39 is 5.82 Å². The number of benzene rings is 1. The van der Waals surface area contributed by atoms with Crippen LogP contribution in [0.15, 0.2) is 55.1 Å². The standard InChI is InChI=1S/C25H24F2N6/c26-19-8-9-21(27)20(13-19)22-7-4-11-31(22)24-10-12-32-25(30-24)23(15-29-32)33-16-18(14-28-33)17-5-2-1-3-6-17/h5,8-10,12-16,22H,1-4,6-7,11H2. The fourth-order valence-corrected chi connectivity index (χ4v) is 5.02. The van der Waals surface area contributed by atoms with E-state index in [1.165, 1.54) is 30.5 Å². The normalized spacial score (nSPS) is 18.8. The summed E-state index contributed by atoms with van der Waals surface area (Å²) in [6.45, 7) is 0.730. The van der Waals surface area contributed by atoms with Crippen molar-refractivity contribution < 1.29 is 8.78 Å². The molecule has 1 unspecified atom stereocenters. The first-order valence-corrected chi connectivity index (χ1v) is 11.5. The second kappa shape index (κ2) is 8.10. The minimum absolute atomic E-state index is 0.253. The molecule has 33 heavy (non-hydrogen) atoms. The summed E-state index contributed by atoms with van der Waals surface area (Å²) in [5.41, 5.74) is 4.30. The Morgan fingerprint density at radius 3 is 2.82 bits per heavy atom. The van der Waals surface area contributed by atoms with E-state index in [0.717, 1.165) is 55.4 Å². The molecule has 0 amide bonds. The van der Waals surface area contributed by atoms with Crippen LogP contribution in [0.25, 0.3) is 16.9 Å². The zero-order valence-corrected chi connectivity index (χ0v) is 18.2. The van der Waals surface area contributed by atoms with Crippen molar-refractivity contribution in [2.75, 3.05) is 11.4 Å². The van der Waals surface area contributed by atoms with Gasteiger partial charge in [0.2, 0.25) is 0 Å². The van der Waals surface area contributed by atoms with Gasteiger partial charge in [-0.2, -0.15) is 10.2 Å². The highest BCUT2D eigenvalue weighted by molar-refractivity contribution is 5.67. The van der Waals surface area contributed by atoms with Gasteiger partial charge < -0.3 is 4.90 Å². The number of nitrogens with zero attached hydrogens (tertiary/aromatic N) is 6. The molecule has 0 radical (unpaired) electrons. The number of hydrogen-bond donors (Lipinski definition) is 0. The van der Waals surface area contributed by atoms with Crippen molar-refractivity contribution in [3.05, 3.63) is 77.9 Å². The molecule has 0 N–H and O–H groups in total. The molecule has 1 aliphatic heterocycles. The maximum Gasteiger partial charge on any atom is 0.183 e. The van der Waals surface area contributed by atoms with Crippen LogP contribution >= 0.6 is 0 Å². The fraction of sp³-hybridized carbons (Fsp3) is 0.320. The lowest BCUT2D eigenvalue weighted by molar-refractivity contribution is 0.560. The van der Waals surface area contributed by atoms with Crippen LogP contribution in [-0.4, -0.2) is 30.9 Å². The Kier molecular flexibility index (Phi) is 4.93. The molecule has 168 valence electrons. The van der Waals surface area contributed by atoms with E-state index in [1.807, 2.05) is 29.3 Å². The number of allylic oxidation sites excluding steroid dienone is 2. The third-order valence-corrected chi connectivity index (χ3v) is 6.69. The molecule has 0 spiro atoms. The third-order valence-electron chi connectivity index (χ3n) is 6.69. The van der Waals surface area contributed by atoms with Crippen molar-refractivity contribution in [1.82, 2.24) is 24.4 Å². The molecule has 1 saturated heterocycles. The molecule has 1 aliphatic carbocycles. The average molecular weight is 447 g/mol. The second-order valence-corrected chi connectivity index (χ2v) is 8.75. The fourth-order valence-electron chi connectivity index (χ4n) is 5.02. The Morgan fingerprint density at radius 2 is 1.94 bits per heavy atom. The predicted molar refractivity (Wildman–Crippen MR) is 122 cm³/mol. The van der Waals surface area contributed by atoms with Gasteiger partial charge in [0.25, 0.3) is 0 Å². The van der Waals surface area contributed by atoms with Crippen molar-refractivity contribution in [2.24, 2.45) is 0 Å². The molecule has 0 bridgehead atoms. The Labute approximate surface area is 190 Å². The Morgan fingerprint density at radius 1 is 1.00 bits per heavy atom. The summed E-state index contributed by atoms with van der Waals surface area (Å²) in [4.78, 5) is 6.93. The van der Waals surface area contributed by atoms with E-state index in [-0.39, 0.29) is 11.9 Å². The lowest BCUT2D eigenvalue weighted by Crippen LogP contribution is -2.24. The van der Waals surface area contributed by atoms with Crippen LogP contribution in [0.4, 0.5) is 14.6 Å². The van der Waals surface area contributed by atoms with Crippen LogP contribution in [0.1, 0.15) is 55.7 Å². The Balaban J connectivity index is 1.36. The summed E-state index contributed by atoms with van der Waals surface area (Å²) in [6.07, 6.45) is 16.1. The monoisotopic (exact) mass is 446 g/mol. The third kappa shape index (κ3) is 3.59. The van der Waals surface area contributed by atoms with Gasteiger partial charge in [-0.1, -0.05) is 6.08 Å². The highest BCUT2D eigenvalue weighted by Gasteiger charge is 2.30. The molecule has 1 aromatic carbocycles. The topological polar surface area (TPSA) is 51.2 Å². The predicted octanol–water partition coefficient (Wildman–Crippen LogP) is 5.49. The molecule has 4 aromatic rings. The first-order valence-electron chi connectivity index (χ1n) is 11.5. The van der Waals surface area contributed by atoms with Crippen LogP contribution in [-0.2, 0) is 0 Å². The van der Waals surface area contributed by atoms with Gasteiger partial charge in [0, 0.05) is 30.1 Å². The minimum atomic E-state index is -0.428. The lowest BCUT2D eigenvalue weighted by atomic mass is 9.96. The Hall–Kier alpha value is -3.55. The highest BCUT2D eigenvalue weighted by atomic mass is 19.1. The van der Waals surface area contributed by atoms with Crippen molar-refractivity contribution in [2.45, 2.75) is 44.6 Å².